The van der Waals surface area contributed by atoms with Crippen molar-refractivity contribution >= 4 is 11.9 Å². The van der Waals surface area contributed by atoms with E-state index in [0.29, 0.717) is 5.56 Å². The first-order valence-corrected chi connectivity index (χ1v) is 8.88. The van der Waals surface area contributed by atoms with Crippen molar-refractivity contribution < 1.29 is 24.2 Å². The molecule has 0 bridgehead atoms. The number of carbonyl (C=O) groups is 2. The predicted molar refractivity (Wildman–Crippen MR) is 104 cm³/mol. The third-order valence-corrected chi connectivity index (χ3v) is 3.89. The van der Waals surface area contributed by atoms with Crippen molar-refractivity contribution in [3.8, 4) is 11.1 Å². The van der Waals surface area contributed by atoms with Crippen molar-refractivity contribution in [1.82, 2.24) is 9.78 Å². The van der Waals surface area contributed by atoms with Crippen LogP contribution in [0.3, 0.4) is 0 Å². The molecule has 7 heteroatoms. The Labute approximate surface area is 164 Å². The molecule has 150 valence electrons. The van der Waals surface area contributed by atoms with E-state index in [1.165, 1.54) is 11.8 Å². The Morgan fingerprint density at radius 3 is 2.61 bits per heavy atom. The zero-order chi connectivity index (χ0) is 20.9. The van der Waals surface area contributed by atoms with Gasteiger partial charge in [-0.1, -0.05) is 30.8 Å². The first kappa shape index (κ1) is 21.4. The lowest BCUT2D eigenvalue weighted by Gasteiger charge is -2.19. The summed E-state index contributed by atoms with van der Waals surface area (Å²) in [5.74, 6) is -0.938. The first-order valence-electron chi connectivity index (χ1n) is 8.88. The average molecular weight is 386 g/mol. The number of ether oxygens (including phenoxy) is 2. The number of methoxy groups -OCH3 is 1. The molecule has 0 radical (unpaired) electrons. The second-order valence-electron chi connectivity index (χ2n) is 7.42. The highest BCUT2D eigenvalue weighted by atomic mass is 16.6. The minimum absolute atomic E-state index is 0.0128. The Balaban J connectivity index is 2.19. The number of hydrogen-bond acceptors (Lipinski definition) is 6. The molecule has 0 spiro atoms. The lowest BCUT2D eigenvalue weighted by atomic mass is 9.95. The molecule has 0 aliphatic rings. The molecule has 7 nitrogen and oxygen atoms in total. The molecule has 0 saturated carbocycles. The second-order valence-corrected chi connectivity index (χ2v) is 7.42. The van der Waals surface area contributed by atoms with Crippen molar-refractivity contribution in [2.45, 2.75) is 45.4 Å². The summed E-state index contributed by atoms with van der Waals surface area (Å²) < 4.78 is 11.4. The number of aliphatic hydroxyl groups excluding tert-OH is 1. The van der Waals surface area contributed by atoms with E-state index in [9.17, 15) is 14.7 Å². The summed E-state index contributed by atoms with van der Waals surface area (Å²) in [6.07, 6.45) is 2.45. The van der Waals surface area contributed by atoms with Crippen molar-refractivity contribution in [3.05, 3.63) is 54.4 Å². The Kier molecular flexibility index (Phi) is 6.75. The Morgan fingerprint density at radius 1 is 1.29 bits per heavy atom. The Hall–Kier alpha value is -2.93. The number of aliphatic hydroxyl groups is 1. The van der Waals surface area contributed by atoms with E-state index in [-0.39, 0.29) is 24.5 Å². The van der Waals surface area contributed by atoms with Crippen LogP contribution in [-0.2, 0) is 25.6 Å². The summed E-state index contributed by atoms with van der Waals surface area (Å²) in [7, 11) is 1.27. The van der Waals surface area contributed by atoms with Gasteiger partial charge >= 0.3 is 11.9 Å². The molecule has 0 saturated heterocycles. The first-order chi connectivity index (χ1) is 13.1. The fourth-order valence-corrected chi connectivity index (χ4v) is 2.72. The molecule has 0 amide bonds. The van der Waals surface area contributed by atoms with Gasteiger partial charge in [-0.2, -0.15) is 5.10 Å². The van der Waals surface area contributed by atoms with Crippen LogP contribution in [-0.4, -0.2) is 39.5 Å². The van der Waals surface area contributed by atoms with Crippen LogP contribution in [0.4, 0.5) is 0 Å². The van der Waals surface area contributed by atoms with E-state index in [2.05, 4.69) is 16.4 Å². The van der Waals surface area contributed by atoms with Gasteiger partial charge in [0.25, 0.3) is 0 Å². The molecular weight excluding hydrogens is 360 g/mol. The predicted octanol–water partition coefficient (Wildman–Crippen LogP) is 3.04. The summed E-state index contributed by atoms with van der Waals surface area (Å²) in [5.41, 5.74) is 1.74. The van der Waals surface area contributed by atoms with Crippen LogP contribution in [0.15, 0.2) is 48.8 Å². The highest BCUT2D eigenvalue weighted by Gasteiger charge is 2.20. The van der Waals surface area contributed by atoms with Crippen LogP contribution < -0.4 is 0 Å². The fraction of sp³-hybridized carbons (Fsp3) is 0.381. The minimum atomic E-state index is -0.933. The number of carbonyl (C=O) groups excluding carboxylic acids is 2. The molecule has 0 aliphatic carbocycles. The van der Waals surface area contributed by atoms with E-state index in [1.807, 2.05) is 12.1 Å². The van der Waals surface area contributed by atoms with Gasteiger partial charge in [-0.05, 0) is 31.9 Å². The van der Waals surface area contributed by atoms with Crippen LogP contribution in [0.5, 0.6) is 0 Å². The zero-order valence-electron chi connectivity index (χ0n) is 16.6. The molecule has 2 aromatic rings. The van der Waals surface area contributed by atoms with Gasteiger partial charge in [0.1, 0.15) is 12.1 Å². The molecule has 28 heavy (non-hydrogen) atoms. The molecule has 1 aromatic heterocycles. The van der Waals surface area contributed by atoms with Gasteiger partial charge in [0, 0.05) is 23.8 Å². The maximum absolute atomic E-state index is 12.0. The van der Waals surface area contributed by atoms with Crippen LogP contribution >= 0.6 is 0 Å². The maximum Gasteiger partial charge on any atom is 0.333 e. The summed E-state index contributed by atoms with van der Waals surface area (Å²) in [4.78, 5) is 23.5. The Morgan fingerprint density at radius 2 is 1.96 bits per heavy atom. The molecule has 1 atom stereocenters. The summed E-state index contributed by atoms with van der Waals surface area (Å²) >= 11 is 0. The van der Waals surface area contributed by atoms with Crippen LogP contribution in [0.2, 0.25) is 0 Å². The van der Waals surface area contributed by atoms with Crippen LogP contribution in [0.1, 0.15) is 38.9 Å². The second kappa shape index (κ2) is 8.84. The number of aromatic nitrogens is 2. The van der Waals surface area contributed by atoms with Gasteiger partial charge < -0.3 is 14.6 Å². The molecule has 0 aliphatic heterocycles. The molecule has 1 unspecified atom stereocenters. The van der Waals surface area contributed by atoms with Gasteiger partial charge in [-0.3, -0.25) is 9.48 Å². The lowest BCUT2D eigenvalue weighted by molar-refractivity contribution is -0.155. The zero-order valence-corrected chi connectivity index (χ0v) is 16.6. The van der Waals surface area contributed by atoms with Gasteiger partial charge in [-0.25, -0.2) is 4.79 Å². The molecule has 2 rings (SSSR count). The number of rotatable bonds is 7. The van der Waals surface area contributed by atoms with Crippen molar-refractivity contribution in [1.29, 1.82) is 0 Å². The minimum Gasteiger partial charge on any atom is -0.466 e. The quantitative estimate of drug-likeness (QED) is 0.581. The monoisotopic (exact) mass is 386 g/mol. The average Bonchev–Trinajstić information content (AvgIpc) is 3.07. The summed E-state index contributed by atoms with van der Waals surface area (Å²) in [6.45, 7) is 9.06. The molecule has 1 N–H and O–H groups in total. The third kappa shape index (κ3) is 5.79. The van der Waals surface area contributed by atoms with E-state index in [4.69, 9.17) is 4.74 Å². The largest absolute Gasteiger partial charge is 0.466 e. The summed E-state index contributed by atoms with van der Waals surface area (Å²) in [6, 6.07) is 7.25. The van der Waals surface area contributed by atoms with Gasteiger partial charge in [0.05, 0.1) is 19.4 Å². The number of hydrogen-bond donors (Lipinski definition) is 1. The van der Waals surface area contributed by atoms with E-state index >= 15 is 0 Å². The topological polar surface area (TPSA) is 90.7 Å². The van der Waals surface area contributed by atoms with E-state index in [0.717, 1.165) is 11.1 Å². The molecular formula is C21H26N2O5. The molecule has 1 aromatic carbocycles. The highest BCUT2D eigenvalue weighted by Crippen LogP contribution is 2.31. The van der Waals surface area contributed by atoms with Crippen molar-refractivity contribution in [3.63, 3.8) is 0 Å². The van der Waals surface area contributed by atoms with Crippen LogP contribution in [0, 0.1) is 0 Å². The molecule has 1 heterocycles. The highest BCUT2D eigenvalue weighted by molar-refractivity contribution is 5.87. The lowest BCUT2D eigenvalue weighted by Crippen LogP contribution is -2.26. The van der Waals surface area contributed by atoms with Gasteiger partial charge in [-0.15, -0.1) is 0 Å². The van der Waals surface area contributed by atoms with Gasteiger partial charge in [0.15, 0.2) is 0 Å². The van der Waals surface area contributed by atoms with Crippen LogP contribution in [0.25, 0.3) is 11.1 Å². The fourth-order valence-electron chi connectivity index (χ4n) is 2.72. The number of esters is 2. The smallest absolute Gasteiger partial charge is 0.333 e. The Bertz CT molecular complexity index is 864. The maximum atomic E-state index is 12.0. The SMILES string of the molecule is C=C(CC(O)c1ccccc1-c1cnn(CC(=O)OC(C)(C)C)c1)C(=O)OC. The normalized spacial score (nSPS) is 12.3. The van der Waals surface area contributed by atoms with E-state index < -0.39 is 17.7 Å². The van der Waals surface area contributed by atoms with Gasteiger partial charge in [0.2, 0.25) is 0 Å². The van der Waals surface area contributed by atoms with Crippen molar-refractivity contribution in [2.24, 2.45) is 0 Å². The number of benzene rings is 1. The number of nitrogens with zero attached hydrogens (tertiary/aromatic N) is 2. The van der Waals surface area contributed by atoms with Crippen molar-refractivity contribution in [2.75, 3.05) is 7.11 Å². The standard InChI is InChI=1S/C21H26N2O5/c1-14(20(26)27-5)10-18(24)17-9-7-6-8-16(17)15-11-22-23(12-15)13-19(25)28-21(2,3)4/h6-9,11-12,18,24H,1,10,13H2,2-5H3. The molecule has 0 fully saturated rings. The third-order valence-electron chi connectivity index (χ3n) is 3.89. The summed E-state index contributed by atoms with van der Waals surface area (Å²) in [5, 5.41) is 14.8. The van der Waals surface area contributed by atoms with E-state index in [1.54, 1.807) is 45.3 Å².